The summed E-state index contributed by atoms with van der Waals surface area (Å²) in [7, 11) is 6.56. The van der Waals surface area contributed by atoms with Gasteiger partial charge in [0.1, 0.15) is 12.4 Å². The van der Waals surface area contributed by atoms with Crippen LogP contribution in [0.2, 0.25) is 0 Å². The smallest absolute Gasteiger partial charge is 0.174 e. The number of hydrogen-bond acceptors (Lipinski definition) is 6. The predicted octanol–water partition coefficient (Wildman–Crippen LogP) is 5.10. The van der Waals surface area contributed by atoms with E-state index < -0.39 is 0 Å². The summed E-state index contributed by atoms with van der Waals surface area (Å²) in [4.78, 5) is 2.14. The van der Waals surface area contributed by atoms with Crippen LogP contribution >= 0.6 is 12.2 Å². The van der Waals surface area contributed by atoms with Crippen molar-refractivity contribution in [3.63, 3.8) is 0 Å². The van der Waals surface area contributed by atoms with E-state index >= 15 is 0 Å². The fourth-order valence-corrected chi connectivity index (χ4v) is 4.62. The van der Waals surface area contributed by atoms with Crippen molar-refractivity contribution in [1.82, 2.24) is 4.90 Å². The Kier molecular flexibility index (Phi) is 7.82. The van der Waals surface area contributed by atoms with Gasteiger partial charge >= 0.3 is 0 Å². The Balaban J connectivity index is 1.67. The van der Waals surface area contributed by atoms with Crippen molar-refractivity contribution in [3.05, 3.63) is 71.8 Å². The summed E-state index contributed by atoms with van der Waals surface area (Å²) >= 11 is 5.88. The number of benzene rings is 3. The lowest BCUT2D eigenvalue weighted by Crippen LogP contribution is -2.44. The fraction of sp³-hybridized carbons (Fsp3) is 0.296. The normalized spacial score (nSPS) is 14.5. The van der Waals surface area contributed by atoms with Crippen molar-refractivity contribution in [1.29, 1.82) is 0 Å². The molecule has 0 fully saturated rings. The second-order valence-corrected chi connectivity index (χ2v) is 8.34. The Hall–Kier alpha value is -3.65. The average molecular weight is 495 g/mol. The largest absolute Gasteiger partial charge is 0.495 e. The predicted molar refractivity (Wildman–Crippen MR) is 140 cm³/mol. The van der Waals surface area contributed by atoms with E-state index in [4.69, 9.17) is 35.9 Å². The summed E-state index contributed by atoms with van der Waals surface area (Å²) in [5, 5.41) is 3.95. The number of methoxy groups -OCH3 is 4. The van der Waals surface area contributed by atoms with Gasteiger partial charge in [-0.3, -0.25) is 0 Å². The van der Waals surface area contributed by atoms with Crippen molar-refractivity contribution in [3.8, 4) is 28.7 Å². The second kappa shape index (κ2) is 11.2. The molecule has 0 saturated heterocycles. The highest BCUT2D eigenvalue weighted by atomic mass is 32.1. The van der Waals surface area contributed by atoms with Crippen molar-refractivity contribution < 1.29 is 23.7 Å². The Labute approximate surface area is 211 Å². The lowest BCUT2D eigenvalue weighted by molar-refractivity contribution is 0.185. The number of rotatable bonds is 8. The van der Waals surface area contributed by atoms with Crippen LogP contribution in [0.25, 0.3) is 0 Å². The first kappa shape index (κ1) is 24.5. The Morgan fingerprint density at radius 3 is 2.11 bits per heavy atom. The molecule has 0 unspecified atom stereocenters. The minimum Gasteiger partial charge on any atom is -0.495 e. The number of hydrogen-bond donors (Lipinski definition) is 1. The molecule has 184 valence electrons. The zero-order valence-electron chi connectivity index (χ0n) is 20.4. The van der Waals surface area contributed by atoms with Gasteiger partial charge in [-0.1, -0.05) is 24.3 Å². The van der Waals surface area contributed by atoms with Crippen molar-refractivity contribution >= 4 is 23.0 Å². The van der Waals surface area contributed by atoms with Gasteiger partial charge in [0, 0.05) is 6.54 Å². The van der Waals surface area contributed by atoms with Crippen LogP contribution < -0.4 is 29.0 Å². The number of thiocarbonyl (C=S) groups is 1. The van der Waals surface area contributed by atoms with E-state index in [-0.39, 0.29) is 6.04 Å². The van der Waals surface area contributed by atoms with Gasteiger partial charge in [0.2, 0.25) is 0 Å². The molecule has 1 heterocycles. The van der Waals surface area contributed by atoms with Gasteiger partial charge in [-0.2, -0.15) is 0 Å². The van der Waals surface area contributed by atoms with E-state index in [1.165, 1.54) is 5.56 Å². The molecule has 0 bridgehead atoms. The van der Waals surface area contributed by atoms with Crippen molar-refractivity contribution in [2.45, 2.75) is 12.5 Å². The molecule has 0 aliphatic carbocycles. The molecule has 1 N–H and O–H groups in total. The molecule has 0 radical (unpaired) electrons. The molecule has 0 amide bonds. The van der Waals surface area contributed by atoms with Crippen LogP contribution in [0.1, 0.15) is 17.2 Å². The van der Waals surface area contributed by atoms with E-state index in [1.807, 2.05) is 60.7 Å². The number of nitrogens with one attached hydrogen (secondary N) is 1. The van der Waals surface area contributed by atoms with Gasteiger partial charge in [0.15, 0.2) is 28.1 Å². The molecule has 1 aliphatic heterocycles. The summed E-state index contributed by atoms with van der Waals surface area (Å²) in [5.41, 5.74) is 3.06. The van der Waals surface area contributed by atoms with Crippen molar-refractivity contribution in [2.75, 3.05) is 46.9 Å². The monoisotopic (exact) mass is 494 g/mol. The summed E-state index contributed by atoms with van der Waals surface area (Å²) < 4.78 is 28.4. The highest BCUT2D eigenvalue weighted by molar-refractivity contribution is 7.80. The average Bonchev–Trinajstić information content (AvgIpc) is 2.91. The van der Waals surface area contributed by atoms with Crippen LogP contribution in [0.3, 0.4) is 0 Å². The van der Waals surface area contributed by atoms with Gasteiger partial charge in [0.25, 0.3) is 0 Å². The van der Waals surface area contributed by atoms with Crippen LogP contribution in [0.4, 0.5) is 5.69 Å². The maximum atomic E-state index is 6.28. The molecule has 3 aromatic carbocycles. The molecule has 0 saturated carbocycles. The van der Waals surface area contributed by atoms with E-state index in [0.717, 1.165) is 23.4 Å². The third-order valence-electron chi connectivity index (χ3n) is 6.08. The topological polar surface area (TPSA) is 61.4 Å². The van der Waals surface area contributed by atoms with Crippen LogP contribution in [-0.2, 0) is 6.42 Å². The molecule has 7 nitrogen and oxygen atoms in total. The van der Waals surface area contributed by atoms with Gasteiger partial charge in [-0.15, -0.1) is 0 Å². The van der Waals surface area contributed by atoms with E-state index in [2.05, 4.69) is 10.2 Å². The summed E-state index contributed by atoms with van der Waals surface area (Å²) in [6, 6.07) is 19.2. The zero-order valence-corrected chi connectivity index (χ0v) is 21.2. The number of para-hydroxylation sites is 4. The highest BCUT2D eigenvalue weighted by Crippen LogP contribution is 2.39. The molecule has 1 aliphatic rings. The fourth-order valence-electron chi connectivity index (χ4n) is 4.29. The Morgan fingerprint density at radius 1 is 0.829 bits per heavy atom. The summed E-state index contributed by atoms with van der Waals surface area (Å²) in [6.45, 7) is 1.07. The number of fused-ring (bicyclic) bond motifs is 1. The Morgan fingerprint density at radius 2 is 1.43 bits per heavy atom. The van der Waals surface area contributed by atoms with Crippen LogP contribution in [0.5, 0.6) is 28.7 Å². The van der Waals surface area contributed by atoms with Crippen LogP contribution in [0.15, 0.2) is 60.7 Å². The van der Waals surface area contributed by atoms with E-state index in [9.17, 15) is 0 Å². The SMILES string of the molecule is COc1ccccc1NC(=S)N1CCc2cc(OC)c(OC)cc2[C@@H]1COc1ccccc1OC. The first-order valence-corrected chi connectivity index (χ1v) is 11.7. The van der Waals surface area contributed by atoms with Crippen LogP contribution in [-0.4, -0.2) is 51.6 Å². The molecule has 0 aromatic heterocycles. The number of anilines is 1. The standard InChI is InChI=1S/C27H30N2O5S/c1-30-22-10-6-5-9-20(22)28-27(35)29-14-13-18-15-25(32-3)26(33-4)16-19(18)21(29)17-34-24-12-8-7-11-23(24)31-2/h5-12,15-16,21H,13-14,17H2,1-4H3,(H,28,35)/t21-/m0/s1. The molecule has 4 rings (SSSR count). The van der Waals surface area contributed by atoms with E-state index in [1.54, 1.807) is 28.4 Å². The lowest BCUT2D eigenvalue weighted by atomic mass is 9.92. The van der Waals surface area contributed by atoms with Crippen molar-refractivity contribution in [2.24, 2.45) is 0 Å². The second-order valence-electron chi connectivity index (χ2n) is 7.96. The third kappa shape index (κ3) is 5.22. The number of nitrogens with zero attached hydrogens (tertiary/aromatic N) is 1. The molecule has 1 atom stereocenters. The number of ether oxygens (including phenoxy) is 5. The minimum absolute atomic E-state index is 0.168. The van der Waals surface area contributed by atoms with Crippen LogP contribution in [0, 0.1) is 0 Å². The highest BCUT2D eigenvalue weighted by Gasteiger charge is 2.32. The zero-order chi connectivity index (χ0) is 24.8. The lowest BCUT2D eigenvalue weighted by Gasteiger charge is -2.39. The first-order valence-electron chi connectivity index (χ1n) is 11.3. The minimum atomic E-state index is -0.168. The van der Waals surface area contributed by atoms with Gasteiger partial charge in [0.05, 0.1) is 40.2 Å². The third-order valence-corrected chi connectivity index (χ3v) is 6.41. The summed E-state index contributed by atoms with van der Waals surface area (Å²) in [5.74, 6) is 3.45. The molecule has 0 spiro atoms. The molecular formula is C27H30N2O5S. The van der Waals surface area contributed by atoms with E-state index in [0.29, 0.717) is 41.3 Å². The Bertz CT molecular complexity index is 1190. The molecule has 3 aromatic rings. The van der Waals surface area contributed by atoms with Gasteiger partial charge < -0.3 is 33.9 Å². The maximum Gasteiger partial charge on any atom is 0.174 e. The van der Waals surface area contributed by atoms with Gasteiger partial charge in [-0.05, 0) is 66.2 Å². The first-order chi connectivity index (χ1) is 17.1. The molecule has 35 heavy (non-hydrogen) atoms. The summed E-state index contributed by atoms with van der Waals surface area (Å²) in [6.07, 6.45) is 0.800. The van der Waals surface area contributed by atoms with Gasteiger partial charge in [-0.25, -0.2) is 0 Å². The molecular weight excluding hydrogens is 464 g/mol. The quantitative estimate of drug-likeness (QED) is 0.434. The maximum absolute atomic E-state index is 6.28. The molecule has 8 heteroatoms.